The molecule has 114 valence electrons. The molecule has 0 aliphatic heterocycles. The van der Waals surface area contributed by atoms with Crippen LogP contribution in [0.4, 0.5) is 10.1 Å². The summed E-state index contributed by atoms with van der Waals surface area (Å²) in [6.07, 6.45) is 2.36. The summed E-state index contributed by atoms with van der Waals surface area (Å²) in [4.78, 5) is 3.35. The lowest BCUT2D eigenvalue weighted by Gasteiger charge is -2.09. The Labute approximate surface area is 125 Å². The lowest BCUT2D eigenvalue weighted by molar-refractivity contribution is 0.557. The Morgan fingerprint density at radius 3 is 2.86 bits per heavy atom. The predicted molar refractivity (Wildman–Crippen MR) is 75.7 cm³/mol. The molecule has 0 radical (unpaired) electrons. The second kappa shape index (κ2) is 6.37. The molecular weight excluding hydrogens is 321 g/mol. The molecule has 2 rings (SSSR count). The van der Waals surface area contributed by atoms with Gasteiger partial charge in [-0.15, -0.1) is 0 Å². The van der Waals surface area contributed by atoms with E-state index in [9.17, 15) is 12.8 Å². The van der Waals surface area contributed by atoms with Crippen LogP contribution in [0.15, 0.2) is 23.4 Å². The largest absolute Gasteiger partial charge is 0.396 e. The number of nitrogens with zero attached hydrogens (tertiary/aromatic N) is 2. The second-order valence-electron chi connectivity index (χ2n) is 4.24. The van der Waals surface area contributed by atoms with Crippen LogP contribution in [0.2, 0.25) is 5.02 Å². The Bertz CT molecular complexity index is 720. The molecule has 0 saturated carbocycles. The molecule has 21 heavy (non-hydrogen) atoms. The lowest BCUT2D eigenvalue weighted by atomic mass is 10.3. The minimum atomic E-state index is -4.01. The van der Waals surface area contributed by atoms with E-state index in [0.717, 1.165) is 12.1 Å². The fourth-order valence-electron chi connectivity index (χ4n) is 1.67. The first-order valence-electron chi connectivity index (χ1n) is 5.98. The molecule has 2 aromatic rings. The van der Waals surface area contributed by atoms with Crippen LogP contribution < -0.4 is 10.5 Å². The molecule has 0 amide bonds. The molecular formula is C11H13ClFN5O2S. The lowest BCUT2D eigenvalue weighted by Crippen LogP contribution is -2.26. The Morgan fingerprint density at radius 1 is 1.43 bits per heavy atom. The van der Waals surface area contributed by atoms with Gasteiger partial charge in [0.1, 0.15) is 17.0 Å². The zero-order chi connectivity index (χ0) is 15.5. The molecule has 1 heterocycles. The number of H-pyrrole nitrogens is 1. The molecule has 0 bridgehead atoms. The maximum atomic E-state index is 13.8. The maximum Gasteiger partial charge on any atom is 0.243 e. The van der Waals surface area contributed by atoms with E-state index < -0.39 is 20.7 Å². The third-order valence-electron chi connectivity index (χ3n) is 2.67. The molecule has 0 fully saturated rings. The van der Waals surface area contributed by atoms with Crippen LogP contribution in [0, 0.1) is 5.82 Å². The number of benzene rings is 1. The van der Waals surface area contributed by atoms with E-state index in [-0.39, 0.29) is 17.3 Å². The van der Waals surface area contributed by atoms with E-state index in [1.165, 1.54) is 6.33 Å². The van der Waals surface area contributed by atoms with Crippen LogP contribution in [0.5, 0.6) is 0 Å². The highest BCUT2D eigenvalue weighted by Crippen LogP contribution is 2.25. The van der Waals surface area contributed by atoms with Gasteiger partial charge in [-0.1, -0.05) is 11.6 Å². The highest BCUT2D eigenvalue weighted by atomic mass is 35.5. The van der Waals surface area contributed by atoms with Crippen LogP contribution in [0.3, 0.4) is 0 Å². The normalized spacial score (nSPS) is 11.7. The highest BCUT2D eigenvalue weighted by molar-refractivity contribution is 7.89. The van der Waals surface area contributed by atoms with Crippen molar-refractivity contribution in [3.8, 4) is 0 Å². The fourth-order valence-corrected chi connectivity index (χ4v) is 3.17. The summed E-state index contributed by atoms with van der Waals surface area (Å²) in [5.41, 5.74) is 5.05. The predicted octanol–water partition coefficient (Wildman–Crippen LogP) is 1.09. The van der Waals surface area contributed by atoms with Crippen molar-refractivity contribution in [1.29, 1.82) is 0 Å². The molecule has 0 aliphatic rings. The number of nitrogens with two attached hydrogens (primary N) is 1. The zero-order valence-corrected chi connectivity index (χ0v) is 12.4. The van der Waals surface area contributed by atoms with Crippen molar-refractivity contribution >= 4 is 27.3 Å². The molecule has 0 spiro atoms. The van der Waals surface area contributed by atoms with Crippen LogP contribution >= 0.6 is 11.6 Å². The molecule has 1 aromatic carbocycles. The van der Waals surface area contributed by atoms with Gasteiger partial charge in [0, 0.05) is 18.0 Å². The molecule has 0 atom stereocenters. The Kier molecular flexibility index (Phi) is 4.76. The van der Waals surface area contributed by atoms with Crippen LogP contribution in [0.1, 0.15) is 12.2 Å². The summed E-state index contributed by atoms with van der Waals surface area (Å²) in [5, 5.41) is 6.39. The summed E-state index contributed by atoms with van der Waals surface area (Å²) in [6, 6.07) is 2.17. The number of aryl methyl sites for hydroxylation is 1. The summed E-state index contributed by atoms with van der Waals surface area (Å²) in [6.45, 7) is 0.120. The highest BCUT2D eigenvalue weighted by Gasteiger charge is 2.21. The Balaban J connectivity index is 2.02. The number of hydrogen-bond acceptors (Lipinski definition) is 5. The zero-order valence-electron chi connectivity index (χ0n) is 10.8. The van der Waals surface area contributed by atoms with Gasteiger partial charge >= 0.3 is 0 Å². The van der Waals surface area contributed by atoms with E-state index in [1.54, 1.807) is 0 Å². The van der Waals surface area contributed by atoms with E-state index >= 15 is 0 Å². The van der Waals surface area contributed by atoms with Crippen molar-refractivity contribution in [2.24, 2.45) is 0 Å². The van der Waals surface area contributed by atoms with E-state index in [4.69, 9.17) is 17.3 Å². The van der Waals surface area contributed by atoms with Gasteiger partial charge in [0.05, 0.1) is 5.69 Å². The van der Waals surface area contributed by atoms with Crippen molar-refractivity contribution in [3.63, 3.8) is 0 Å². The molecule has 0 aliphatic carbocycles. The van der Waals surface area contributed by atoms with Gasteiger partial charge < -0.3 is 5.73 Å². The van der Waals surface area contributed by atoms with E-state index in [2.05, 4.69) is 19.9 Å². The first-order chi connectivity index (χ1) is 9.90. The first kappa shape index (κ1) is 15.7. The molecule has 7 nitrogen and oxygen atoms in total. The third-order valence-corrected chi connectivity index (χ3v) is 4.35. The molecule has 4 N–H and O–H groups in total. The van der Waals surface area contributed by atoms with Crippen LogP contribution in [-0.2, 0) is 16.4 Å². The topological polar surface area (TPSA) is 114 Å². The van der Waals surface area contributed by atoms with E-state index in [0.29, 0.717) is 18.7 Å². The number of sulfonamides is 1. The van der Waals surface area contributed by atoms with Crippen LogP contribution in [-0.4, -0.2) is 30.1 Å². The maximum absolute atomic E-state index is 13.8. The molecule has 0 unspecified atom stereocenters. The number of aromatic nitrogens is 3. The summed E-state index contributed by atoms with van der Waals surface area (Å²) < 4.78 is 40.1. The van der Waals surface area contributed by atoms with Crippen molar-refractivity contribution in [3.05, 3.63) is 35.1 Å². The minimum absolute atomic E-state index is 0.0518. The average molecular weight is 334 g/mol. The van der Waals surface area contributed by atoms with Crippen molar-refractivity contribution < 1.29 is 12.8 Å². The average Bonchev–Trinajstić information content (AvgIpc) is 2.92. The van der Waals surface area contributed by atoms with Crippen molar-refractivity contribution in [2.75, 3.05) is 12.3 Å². The summed E-state index contributed by atoms with van der Waals surface area (Å²) in [5.74, 6) is -0.366. The third kappa shape index (κ3) is 3.90. The number of aromatic amines is 1. The van der Waals surface area contributed by atoms with Gasteiger partial charge in [-0.05, 0) is 18.6 Å². The number of hydrogen-bond donors (Lipinski definition) is 3. The van der Waals surface area contributed by atoms with Gasteiger partial charge in [0.25, 0.3) is 0 Å². The van der Waals surface area contributed by atoms with Gasteiger partial charge in [0.15, 0.2) is 5.82 Å². The monoisotopic (exact) mass is 333 g/mol. The standard InChI is InChI=1S/C11H13ClFN5O2S/c12-7-4-8(14)11(13)9(5-7)21(19,20)17-3-1-2-10-15-6-16-18-10/h4-6,17H,1-3,14H2,(H,15,16,18). The van der Waals surface area contributed by atoms with Gasteiger partial charge in [-0.3, -0.25) is 5.10 Å². The van der Waals surface area contributed by atoms with Crippen LogP contribution in [0.25, 0.3) is 0 Å². The summed E-state index contributed by atoms with van der Waals surface area (Å²) >= 11 is 5.70. The number of nitrogens with one attached hydrogen (secondary N) is 2. The smallest absolute Gasteiger partial charge is 0.243 e. The second-order valence-corrected chi connectivity index (χ2v) is 6.41. The number of nitrogen functional groups attached to an aromatic ring is 1. The molecule has 0 saturated heterocycles. The number of anilines is 1. The number of halogens is 2. The molecule has 1 aromatic heterocycles. The van der Waals surface area contributed by atoms with Gasteiger partial charge in [-0.25, -0.2) is 22.5 Å². The SMILES string of the molecule is Nc1cc(Cl)cc(S(=O)(=O)NCCCc2ncn[nH]2)c1F. The van der Waals surface area contributed by atoms with Gasteiger partial charge in [0.2, 0.25) is 10.0 Å². The summed E-state index contributed by atoms with van der Waals surface area (Å²) in [7, 11) is -4.01. The fraction of sp³-hybridized carbons (Fsp3) is 0.273. The molecule has 10 heteroatoms. The quantitative estimate of drug-likeness (QED) is 0.541. The minimum Gasteiger partial charge on any atom is -0.396 e. The van der Waals surface area contributed by atoms with E-state index in [1.807, 2.05) is 0 Å². The van der Waals surface area contributed by atoms with Crippen molar-refractivity contribution in [2.45, 2.75) is 17.7 Å². The van der Waals surface area contributed by atoms with Gasteiger partial charge in [-0.2, -0.15) is 5.10 Å². The first-order valence-corrected chi connectivity index (χ1v) is 7.84. The van der Waals surface area contributed by atoms with Crippen molar-refractivity contribution in [1.82, 2.24) is 19.9 Å². The Hall–Kier alpha value is -1.71. The number of rotatable bonds is 6. The Morgan fingerprint density at radius 2 is 2.19 bits per heavy atom.